The third-order valence-electron chi connectivity index (χ3n) is 2.98. The van der Waals surface area contributed by atoms with E-state index in [2.05, 4.69) is 11.8 Å². The standard InChI is InChI=1S/C11H15NO2S/c1-11(8-14)4-5-12(7-11)10-3-2-9(6-13)15-10/h2-3,6,14H,4-5,7-8H2,1H3. The molecule has 2 rings (SSSR count). The Labute approximate surface area is 93.3 Å². The molecule has 0 saturated carbocycles. The number of carbonyl (C=O) groups is 1. The van der Waals surface area contributed by atoms with Crippen LogP contribution < -0.4 is 4.90 Å². The summed E-state index contributed by atoms with van der Waals surface area (Å²) in [5.74, 6) is 0. The van der Waals surface area contributed by atoms with Crippen molar-refractivity contribution in [2.75, 3.05) is 24.6 Å². The lowest BCUT2D eigenvalue weighted by Crippen LogP contribution is -2.26. The average Bonchev–Trinajstić information content (AvgIpc) is 2.84. The molecule has 2 heterocycles. The molecule has 82 valence electrons. The zero-order valence-electron chi connectivity index (χ0n) is 8.77. The molecule has 1 aliphatic heterocycles. The Hall–Kier alpha value is -0.870. The Balaban J connectivity index is 2.10. The topological polar surface area (TPSA) is 40.5 Å². The van der Waals surface area contributed by atoms with Gasteiger partial charge in [-0.2, -0.15) is 0 Å². The number of hydrogen-bond donors (Lipinski definition) is 1. The predicted octanol–water partition coefficient (Wildman–Crippen LogP) is 1.77. The third-order valence-corrected chi connectivity index (χ3v) is 4.05. The largest absolute Gasteiger partial charge is 0.396 e. The van der Waals surface area contributed by atoms with Crippen molar-refractivity contribution >= 4 is 22.6 Å². The average molecular weight is 225 g/mol. The highest BCUT2D eigenvalue weighted by Gasteiger charge is 2.33. The van der Waals surface area contributed by atoms with Crippen LogP contribution in [0.15, 0.2) is 12.1 Å². The highest BCUT2D eigenvalue weighted by atomic mass is 32.1. The van der Waals surface area contributed by atoms with Crippen molar-refractivity contribution in [2.24, 2.45) is 5.41 Å². The Bertz CT molecular complexity index is 363. The van der Waals surface area contributed by atoms with Crippen LogP contribution in [0.2, 0.25) is 0 Å². The molecule has 15 heavy (non-hydrogen) atoms. The van der Waals surface area contributed by atoms with Gasteiger partial charge >= 0.3 is 0 Å². The highest BCUT2D eigenvalue weighted by molar-refractivity contribution is 7.17. The van der Waals surface area contributed by atoms with Crippen LogP contribution in [0.5, 0.6) is 0 Å². The van der Waals surface area contributed by atoms with Crippen molar-refractivity contribution in [3.63, 3.8) is 0 Å². The summed E-state index contributed by atoms with van der Waals surface area (Å²) in [6.07, 6.45) is 1.90. The molecule has 0 amide bonds. The second-order valence-corrected chi connectivity index (χ2v) is 5.53. The van der Waals surface area contributed by atoms with E-state index >= 15 is 0 Å². The van der Waals surface area contributed by atoms with Crippen molar-refractivity contribution < 1.29 is 9.90 Å². The second kappa shape index (κ2) is 3.94. The summed E-state index contributed by atoms with van der Waals surface area (Å²) in [5, 5.41) is 10.4. The van der Waals surface area contributed by atoms with Crippen molar-refractivity contribution in [3.8, 4) is 0 Å². The van der Waals surface area contributed by atoms with Crippen LogP contribution in [0.4, 0.5) is 5.00 Å². The number of aldehydes is 1. The molecule has 0 aromatic carbocycles. The van der Waals surface area contributed by atoms with E-state index in [0.717, 1.165) is 35.7 Å². The van der Waals surface area contributed by atoms with E-state index in [-0.39, 0.29) is 12.0 Å². The number of aliphatic hydroxyl groups excluding tert-OH is 1. The Kier molecular flexibility index (Phi) is 2.80. The molecular weight excluding hydrogens is 210 g/mol. The SMILES string of the molecule is CC1(CO)CCN(c2ccc(C=O)s2)C1. The van der Waals surface area contributed by atoms with Crippen molar-refractivity contribution in [3.05, 3.63) is 17.0 Å². The molecule has 1 aliphatic rings. The molecule has 1 unspecified atom stereocenters. The van der Waals surface area contributed by atoms with Gasteiger partial charge in [-0.15, -0.1) is 11.3 Å². The maximum atomic E-state index is 10.6. The molecule has 0 radical (unpaired) electrons. The summed E-state index contributed by atoms with van der Waals surface area (Å²) in [4.78, 5) is 13.6. The van der Waals surface area contributed by atoms with Crippen LogP contribution in [0.25, 0.3) is 0 Å². The maximum absolute atomic E-state index is 10.6. The van der Waals surface area contributed by atoms with E-state index in [4.69, 9.17) is 0 Å². The smallest absolute Gasteiger partial charge is 0.160 e. The summed E-state index contributed by atoms with van der Waals surface area (Å²) in [7, 11) is 0. The van der Waals surface area contributed by atoms with Gasteiger partial charge in [0, 0.05) is 18.5 Å². The second-order valence-electron chi connectivity index (χ2n) is 4.43. The van der Waals surface area contributed by atoms with Gasteiger partial charge in [0.05, 0.1) is 16.5 Å². The van der Waals surface area contributed by atoms with Gasteiger partial charge in [-0.25, -0.2) is 0 Å². The first-order valence-corrected chi connectivity index (χ1v) is 5.89. The number of rotatable bonds is 3. The van der Waals surface area contributed by atoms with Gasteiger partial charge in [0.1, 0.15) is 0 Å². The van der Waals surface area contributed by atoms with Gasteiger partial charge in [0.25, 0.3) is 0 Å². The number of aliphatic hydroxyl groups is 1. The fourth-order valence-corrected chi connectivity index (χ4v) is 2.76. The zero-order valence-corrected chi connectivity index (χ0v) is 9.59. The van der Waals surface area contributed by atoms with E-state index in [9.17, 15) is 9.90 Å². The zero-order chi connectivity index (χ0) is 10.9. The highest BCUT2D eigenvalue weighted by Crippen LogP contribution is 2.35. The summed E-state index contributed by atoms with van der Waals surface area (Å²) < 4.78 is 0. The molecule has 1 atom stereocenters. The molecule has 1 aromatic heterocycles. The number of anilines is 1. The minimum absolute atomic E-state index is 0.0192. The van der Waals surface area contributed by atoms with Gasteiger partial charge in [-0.1, -0.05) is 6.92 Å². The van der Waals surface area contributed by atoms with Crippen LogP contribution >= 0.6 is 11.3 Å². The first kappa shape index (κ1) is 10.6. The molecule has 1 saturated heterocycles. The maximum Gasteiger partial charge on any atom is 0.160 e. The molecule has 1 aromatic rings. The fourth-order valence-electron chi connectivity index (χ4n) is 1.92. The van der Waals surface area contributed by atoms with Crippen LogP contribution in [0.1, 0.15) is 23.0 Å². The number of hydrogen-bond acceptors (Lipinski definition) is 4. The molecule has 1 fully saturated rings. The number of carbonyl (C=O) groups excluding carboxylic acids is 1. The fraction of sp³-hybridized carbons (Fsp3) is 0.545. The van der Waals surface area contributed by atoms with Gasteiger partial charge in [0.2, 0.25) is 0 Å². The molecule has 0 spiro atoms. The first-order valence-electron chi connectivity index (χ1n) is 5.08. The van der Waals surface area contributed by atoms with E-state index in [1.165, 1.54) is 11.3 Å². The van der Waals surface area contributed by atoms with Gasteiger partial charge in [-0.3, -0.25) is 4.79 Å². The van der Waals surface area contributed by atoms with E-state index in [1.54, 1.807) is 0 Å². The van der Waals surface area contributed by atoms with Crippen molar-refractivity contribution in [1.29, 1.82) is 0 Å². The minimum Gasteiger partial charge on any atom is -0.396 e. The van der Waals surface area contributed by atoms with Crippen LogP contribution in [-0.2, 0) is 0 Å². The molecule has 0 bridgehead atoms. The first-order chi connectivity index (χ1) is 7.17. The van der Waals surface area contributed by atoms with E-state index < -0.39 is 0 Å². The molecule has 1 N–H and O–H groups in total. The van der Waals surface area contributed by atoms with Crippen LogP contribution in [0, 0.1) is 5.41 Å². The van der Waals surface area contributed by atoms with E-state index in [0.29, 0.717) is 0 Å². The monoisotopic (exact) mass is 225 g/mol. The van der Waals surface area contributed by atoms with E-state index in [1.807, 2.05) is 12.1 Å². The Morgan fingerprint density at radius 3 is 3.00 bits per heavy atom. The minimum atomic E-state index is 0.0192. The Morgan fingerprint density at radius 2 is 2.47 bits per heavy atom. The molecule has 0 aliphatic carbocycles. The van der Waals surface area contributed by atoms with Crippen LogP contribution in [-0.4, -0.2) is 31.1 Å². The van der Waals surface area contributed by atoms with Crippen molar-refractivity contribution in [1.82, 2.24) is 0 Å². The summed E-state index contributed by atoms with van der Waals surface area (Å²) >= 11 is 1.52. The quantitative estimate of drug-likeness (QED) is 0.797. The third kappa shape index (κ3) is 2.06. The lowest BCUT2D eigenvalue weighted by atomic mass is 9.91. The lowest BCUT2D eigenvalue weighted by molar-refractivity contribution is 0.112. The summed E-state index contributed by atoms with van der Waals surface area (Å²) in [6, 6.07) is 3.83. The van der Waals surface area contributed by atoms with Gasteiger partial charge in [-0.05, 0) is 18.6 Å². The normalized spacial score (nSPS) is 25.9. The van der Waals surface area contributed by atoms with Gasteiger partial charge in [0.15, 0.2) is 6.29 Å². The molecular formula is C11H15NO2S. The lowest BCUT2D eigenvalue weighted by Gasteiger charge is -2.21. The summed E-state index contributed by atoms with van der Waals surface area (Å²) in [5.41, 5.74) is 0.0192. The summed E-state index contributed by atoms with van der Waals surface area (Å²) in [6.45, 7) is 4.18. The van der Waals surface area contributed by atoms with Crippen LogP contribution in [0.3, 0.4) is 0 Å². The molecule has 4 heteroatoms. The predicted molar refractivity (Wildman–Crippen MR) is 61.7 cm³/mol. The number of thiophene rings is 1. The van der Waals surface area contributed by atoms with Gasteiger partial charge < -0.3 is 10.0 Å². The number of nitrogens with zero attached hydrogens (tertiary/aromatic N) is 1. The Morgan fingerprint density at radius 1 is 1.67 bits per heavy atom. The molecule has 3 nitrogen and oxygen atoms in total. The van der Waals surface area contributed by atoms with Crippen molar-refractivity contribution in [2.45, 2.75) is 13.3 Å².